The van der Waals surface area contributed by atoms with Crippen LogP contribution in [0.1, 0.15) is 81.3 Å². The smallest absolute Gasteiger partial charge is 0.407 e. The lowest BCUT2D eigenvalue weighted by atomic mass is 9.93. The highest BCUT2D eigenvalue weighted by molar-refractivity contribution is 5.79. The number of benzene rings is 2. The van der Waals surface area contributed by atoms with Crippen LogP contribution in [0.2, 0.25) is 0 Å². The number of hydrogen-bond acceptors (Lipinski definition) is 6. The minimum absolute atomic E-state index is 0.00292. The summed E-state index contributed by atoms with van der Waals surface area (Å²) in [6.07, 6.45) is 9.36. The van der Waals surface area contributed by atoms with Crippen LogP contribution in [0, 0.1) is 0 Å². The van der Waals surface area contributed by atoms with Gasteiger partial charge in [0.2, 0.25) is 0 Å². The van der Waals surface area contributed by atoms with Crippen molar-refractivity contribution in [2.24, 2.45) is 0 Å². The lowest BCUT2D eigenvalue weighted by Gasteiger charge is -2.29. The Hall–Kier alpha value is -2.45. The zero-order chi connectivity index (χ0) is 26.2. The molecule has 4 aliphatic rings. The second-order valence-corrected chi connectivity index (χ2v) is 10.7. The molecule has 0 aromatic heterocycles. The maximum absolute atomic E-state index is 12.2. The molecule has 6 rings (SSSR count). The molecule has 2 saturated heterocycles. The second kappa shape index (κ2) is 13.6. The number of aliphatic hydroxyl groups is 1. The summed E-state index contributed by atoms with van der Waals surface area (Å²) < 4.78 is 22.2. The minimum Gasteiger partial charge on any atom is -0.449 e. The maximum Gasteiger partial charge on any atom is 0.407 e. The van der Waals surface area contributed by atoms with Gasteiger partial charge in [0.05, 0.1) is 6.10 Å². The van der Waals surface area contributed by atoms with E-state index in [2.05, 4.69) is 29.6 Å². The van der Waals surface area contributed by atoms with Gasteiger partial charge in [-0.3, -0.25) is 0 Å². The van der Waals surface area contributed by atoms with Gasteiger partial charge in [-0.2, -0.15) is 0 Å². The van der Waals surface area contributed by atoms with Crippen molar-refractivity contribution in [1.29, 1.82) is 0 Å². The van der Waals surface area contributed by atoms with E-state index in [0.29, 0.717) is 6.61 Å². The van der Waals surface area contributed by atoms with E-state index in [4.69, 9.17) is 18.9 Å². The first-order valence-corrected chi connectivity index (χ1v) is 14.4. The number of nitrogens with one attached hydrogen (secondary N) is 1. The lowest BCUT2D eigenvalue weighted by molar-refractivity contribution is -0.264. The van der Waals surface area contributed by atoms with Crippen molar-refractivity contribution in [3.05, 3.63) is 59.7 Å². The molecule has 2 unspecified atom stereocenters. The molecule has 2 aromatic carbocycles. The number of alkyl carbamates (subject to hydrolysis) is 1. The Bertz CT molecular complexity index is 963. The summed E-state index contributed by atoms with van der Waals surface area (Å²) in [6, 6.07) is 16.7. The molecule has 7 heteroatoms. The molecule has 38 heavy (non-hydrogen) atoms. The topological polar surface area (TPSA) is 86.3 Å². The van der Waals surface area contributed by atoms with Crippen molar-refractivity contribution in [1.82, 2.24) is 5.32 Å². The Kier molecular flexibility index (Phi) is 9.68. The first-order valence-electron chi connectivity index (χ1n) is 14.4. The molecular formula is C31H41NO6. The van der Waals surface area contributed by atoms with Crippen LogP contribution in [0.25, 0.3) is 11.1 Å². The van der Waals surface area contributed by atoms with Crippen LogP contribution in [0.15, 0.2) is 48.5 Å². The van der Waals surface area contributed by atoms with Crippen molar-refractivity contribution in [3.8, 4) is 11.1 Å². The average molecular weight is 524 g/mol. The van der Waals surface area contributed by atoms with Crippen molar-refractivity contribution in [3.63, 3.8) is 0 Å². The molecule has 2 N–H and O–H groups in total. The summed E-state index contributed by atoms with van der Waals surface area (Å²) in [7, 11) is 0. The van der Waals surface area contributed by atoms with Crippen LogP contribution < -0.4 is 5.32 Å². The van der Waals surface area contributed by atoms with Gasteiger partial charge >= 0.3 is 6.09 Å². The third-order valence-corrected chi connectivity index (χ3v) is 7.94. The summed E-state index contributed by atoms with van der Waals surface area (Å²) in [5.74, 6) is 0.0892. The first-order chi connectivity index (χ1) is 18.7. The molecule has 2 aliphatic carbocycles. The number of ether oxygens (including phenoxy) is 4. The van der Waals surface area contributed by atoms with E-state index in [1.165, 1.54) is 47.9 Å². The van der Waals surface area contributed by atoms with Gasteiger partial charge in [0.1, 0.15) is 6.61 Å². The number of carbonyl (C=O) groups excluding carboxylic acids is 1. The predicted molar refractivity (Wildman–Crippen MR) is 145 cm³/mol. The molecule has 206 valence electrons. The zero-order valence-electron chi connectivity index (χ0n) is 22.2. The van der Waals surface area contributed by atoms with Crippen LogP contribution >= 0.6 is 0 Å². The Morgan fingerprint density at radius 3 is 1.87 bits per heavy atom. The zero-order valence-corrected chi connectivity index (χ0v) is 22.2. The normalized spacial score (nSPS) is 26.9. The van der Waals surface area contributed by atoms with E-state index >= 15 is 0 Å². The summed E-state index contributed by atoms with van der Waals surface area (Å²) in [4.78, 5) is 12.2. The first kappa shape index (κ1) is 27.1. The average Bonchev–Trinajstić information content (AvgIpc) is 3.28. The number of fused-ring (bicyclic) bond motifs is 3. The molecule has 2 atom stereocenters. The van der Waals surface area contributed by atoms with Gasteiger partial charge in [0, 0.05) is 25.2 Å². The SMILES string of the molecule is C1CCC(OC2CCCCO2)OC1.O=C(NC1CCC(O)CC1)OCC1c2ccccc2-c2ccccc21. The van der Waals surface area contributed by atoms with E-state index in [1.807, 2.05) is 24.3 Å². The fraction of sp³-hybridized carbons (Fsp3) is 0.581. The molecule has 1 amide bonds. The Morgan fingerprint density at radius 2 is 1.34 bits per heavy atom. The molecule has 0 radical (unpaired) electrons. The largest absolute Gasteiger partial charge is 0.449 e. The van der Waals surface area contributed by atoms with Gasteiger partial charge in [-0.25, -0.2) is 4.79 Å². The monoisotopic (exact) mass is 523 g/mol. The molecule has 0 spiro atoms. The van der Waals surface area contributed by atoms with E-state index in [1.54, 1.807) is 0 Å². The van der Waals surface area contributed by atoms with Crippen molar-refractivity contribution < 1.29 is 28.8 Å². The third kappa shape index (κ3) is 7.14. The number of hydrogen-bond donors (Lipinski definition) is 2. The summed E-state index contributed by atoms with van der Waals surface area (Å²) in [5, 5.41) is 12.5. The minimum atomic E-state index is -0.358. The van der Waals surface area contributed by atoms with Crippen LogP contribution in [-0.4, -0.2) is 55.7 Å². The summed E-state index contributed by atoms with van der Waals surface area (Å²) in [5.41, 5.74) is 4.90. The second-order valence-electron chi connectivity index (χ2n) is 10.7. The van der Waals surface area contributed by atoms with Gasteiger partial charge in [-0.15, -0.1) is 0 Å². The van der Waals surface area contributed by atoms with E-state index < -0.39 is 0 Å². The van der Waals surface area contributed by atoms with Gasteiger partial charge < -0.3 is 29.4 Å². The molecule has 2 aromatic rings. The number of amides is 1. The van der Waals surface area contributed by atoms with Crippen molar-refractivity contribution in [2.45, 2.75) is 94.9 Å². The molecule has 1 saturated carbocycles. The Morgan fingerprint density at radius 1 is 0.789 bits per heavy atom. The van der Waals surface area contributed by atoms with Gasteiger partial charge in [0.25, 0.3) is 0 Å². The van der Waals surface area contributed by atoms with Gasteiger partial charge in [-0.05, 0) is 86.5 Å². The molecule has 3 fully saturated rings. The number of rotatable bonds is 5. The quantitative estimate of drug-likeness (QED) is 0.509. The third-order valence-electron chi connectivity index (χ3n) is 7.94. The fourth-order valence-corrected chi connectivity index (χ4v) is 5.83. The highest BCUT2D eigenvalue weighted by Gasteiger charge is 2.29. The molecule has 2 aliphatic heterocycles. The lowest BCUT2D eigenvalue weighted by Crippen LogP contribution is -2.39. The predicted octanol–water partition coefficient (Wildman–Crippen LogP) is 5.88. The van der Waals surface area contributed by atoms with Crippen LogP contribution in [0.3, 0.4) is 0 Å². The maximum atomic E-state index is 12.2. The van der Waals surface area contributed by atoms with E-state index in [0.717, 1.165) is 51.7 Å². The van der Waals surface area contributed by atoms with Crippen molar-refractivity contribution >= 4 is 6.09 Å². The van der Waals surface area contributed by atoms with Crippen LogP contribution in [0.5, 0.6) is 0 Å². The molecule has 2 heterocycles. The standard InChI is InChI=1S/C21H23NO3.C10H18O3/c23-15-11-9-14(10-12-15)22-21(24)25-13-20-18-7-3-1-5-16(18)17-6-2-4-8-19(17)20;1-3-7-11-9(5-1)13-10-6-2-4-8-12-10/h1-8,14-15,20,23H,9-13H2,(H,22,24);9-10H,1-8H2. The Balaban J connectivity index is 0.000000190. The van der Waals surface area contributed by atoms with Crippen molar-refractivity contribution in [2.75, 3.05) is 19.8 Å². The highest BCUT2D eigenvalue weighted by atomic mass is 16.8. The van der Waals surface area contributed by atoms with Gasteiger partial charge in [-0.1, -0.05) is 48.5 Å². The summed E-state index contributed by atoms with van der Waals surface area (Å²) >= 11 is 0. The molecule has 0 bridgehead atoms. The van der Waals surface area contributed by atoms with Crippen LogP contribution in [-0.2, 0) is 18.9 Å². The number of aliphatic hydroxyl groups excluding tert-OH is 1. The Labute approximate surface area is 225 Å². The van der Waals surface area contributed by atoms with Gasteiger partial charge in [0.15, 0.2) is 12.6 Å². The molecule has 7 nitrogen and oxygen atoms in total. The number of carbonyl (C=O) groups is 1. The molecular weight excluding hydrogens is 482 g/mol. The highest BCUT2D eigenvalue weighted by Crippen LogP contribution is 2.44. The summed E-state index contributed by atoms with van der Waals surface area (Å²) in [6.45, 7) is 2.03. The van der Waals surface area contributed by atoms with E-state index in [-0.39, 0.29) is 36.7 Å². The fourth-order valence-electron chi connectivity index (χ4n) is 5.83. The van der Waals surface area contributed by atoms with E-state index in [9.17, 15) is 9.90 Å². The van der Waals surface area contributed by atoms with Crippen LogP contribution in [0.4, 0.5) is 4.79 Å².